The first-order valence-electron chi connectivity index (χ1n) is 8.34. The Labute approximate surface area is 145 Å². The van der Waals surface area contributed by atoms with E-state index in [1.807, 2.05) is 24.3 Å². The van der Waals surface area contributed by atoms with Crippen molar-refractivity contribution in [3.63, 3.8) is 0 Å². The van der Waals surface area contributed by atoms with Crippen LogP contribution in [0.1, 0.15) is 22.5 Å². The van der Waals surface area contributed by atoms with Crippen LogP contribution in [0.3, 0.4) is 0 Å². The fourth-order valence-corrected chi connectivity index (χ4v) is 4.30. The van der Waals surface area contributed by atoms with Gasteiger partial charge in [0.05, 0.1) is 4.88 Å². The SMILES string of the molecule is Nc1ccc(Oc2ccc(C(=O)NC3CN4CCC3CC4)s2)cc1. The van der Waals surface area contributed by atoms with E-state index in [0.29, 0.717) is 21.5 Å². The van der Waals surface area contributed by atoms with Gasteiger partial charge in [0.15, 0.2) is 5.06 Å². The second kappa shape index (κ2) is 6.45. The minimum atomic E-state index is 0.00547. The molecule has 126 valence electrons. The van der Waals surface area contributed by atoms with Crippen LogP contribution in [0.2, 0.25) is 0 Å². The number of fused-ring (bicyclic) bond motifs is 3. The smallest absolute Gasteiger partial charge is 0.261 e. The van der Waals surface area contributed by atoms with E-state index in [2.05, 4.69) is 10.2 Å². The molecule has 1 amide bonds. The molecule has 3 saturated heterocycles. The van der Waals surface area contributed by atoms with E-state index >= 15 is 0 Å². The molecule has 3 N–H and O–H groups in total. The van der Waals surface area contributed by atoms with Gasteiger partial charge in [0.2, 0.25) is 0 Å². The molecule has 2 bridgehead atoms. The number of anilines is 1. The topological polar surface area (TPSA) is 67.6 Å². The highest BCUT2D eigenvalue weighted by atomic mass is 32.1. The molecule has 24 heavy (non-hydrogen) atoms. The molecule has 5 nitrogen and oxygen atoms in total. The Hall–Kier alpha value is -2.05. The molecule has 0 saturated carbocycles. The molecule has 3 aliphatic heterocycles. The zero-order valence-corrected chi connectivity index (χ0v) is 14.2. The number of carbonyl (C=O) groups is 1. The number of amides is 1. The van der Waals surface area contributed by atoms with Gasteiger partial charge in [-0.2, -0.15) is 0 Å². The van der Waals surface area contributed by atoms with Crippen molar-refractivity contribution in [2.75, 3.05) is 25.4 Å². The van der Waals surface area contributed by atoms with Crippen molar-refractivity contribution in [1.82, 2.24) is 10.2 Å². The maximum absolute atomic E-state index is 12.5. The van der Waals surface area contributed by atoms with Gasteiger partial charge >= 0.3 is 0 Å². The number of thiophene rings is 1. The normalized spacial score (nSPS) is 25.4. The van der Waals surface area contributed by atoms with Gasteiger partial charge in [0.25, 0.3) is 5.91 Å². The molecule has 2 aromatic rings. The summed E-state index contributed by atoms with van der Waals surface area (Å²) in [6.07, 6.45) is 2.39. The Morgan fingerprint density at radius 2 is 1.92 bits per heavy atom. The number of carbonyl (C=O) groups excluding carboxylic acids is 1. The lowest BCUT2D eigenvalue weighted by atomic mass is 9.84. The van der Waals surface area contributed by atoms with Crippen LogP contribution in [0.4, 0.5) is 5.69 Å². The van der Waals surface area contributed by atoms with Crippen molar-refractivity contribution in [1.29, 1.82) is 0 Å². The third-order valence-corrected chi connectivity index (χ3v) is 5.84. The highest BCUT2D eigenvalue weighted by Gasteiger charge is 2.35. The third kappa shape index (κ3) is 3.25. The number of benzene rings is 1. The van der Waals surface area contributed by atoms with E-state index in [-0.39, 0.29) is 11.9 Å². The summed E-state index contributed by atoms with van der Waals surface area (Å²) < 4.78 is 5.78. The largest absolute Gasteiger partial charge is 0.447 e. The van der Waals surface area contributed by atoms with Crippen LogP contribution >= 0.6 is 11.3 Å². The van der Waals surface area contributed by atoms with Gasteiger partial charge in [-0.1, -0.05) is 11.3 Å². The van der Waals surface area contributed by atoms with Crippen LogP contribution < -0.4 is 15.8 Å². The van der Waals surface area contributed by atoms with Crippen molar-refractivity contribution in [3.05, 3.63) is 41.3 Å². The summed E-state index contributed by atoms with van der Waals surface area (Å²) in [5.41, 5.74) is 6.37. The minimum Gasteiger partial charge on any atom is -0.447 e. The van der Waals surface area contributed by atoms with E-state index in [1.54, 1.807) is 12.1 Å². The van der Waals surface area contributed by atoms with Crippen LogP contribution in [0, 0.1) is 5.92 Å². The molecule has 0 aliphatic carbocycles. The molecule has 1 atom stereocenters. The number of nitrogens with one attached hydrogen (secondary N) is 1. The molecule has 0 spiro atoms. The predicted octanol–water partition coefficient (Wildman–Crippen LogP) is 2.95. The van der Waals surface area contributed by atoms with Crippen LogP contribution in [0.15, 0.2) is 36.4 Å². The maximum Gasteiger partial charge on any atom is 0.261 e. The van der Waals surface area contributed by atoms with Crippen molar-refractivity contribution in [2.45, 2.75) is 18.9 Å². The van der Waals surface area contributed by atoms with Gasteiger partial charge in [-0.05, 0) is 68.2 Å². The van der Waals surface area contributed by atoms with Crippen molar-refractivity contribution >= 4 is 22.9 Å². The molecule has 3 aliphatic rings. The molecule has 1 unspecified atom stereocenters. The summed E-state index contributed by atoms with van der Waals surface area (Å²) >= 11 is 1.37. The summed E-state index contributed by atoms with van der Waals surface area (Å²) in [6.45, 7) is 3.34. The fourth-order valence-electron chi connectivity index (χ4n) is 3.52. The van der Waals surface area contributed by atoms with Gasteiger partial charge in [0.1, 0.15) is 5.75 Å². The van der Waals surface area contributed by atoms with E-state index in [1.165, 1.54) is 37.3 Å². The highest BCUT2D eigenvalue weighted by molar-refractivity contribution is 7.15. The monoisotopic (exact) mass is 343 g/mol. The Balaban J connectivity index is 1.39. The Morgan fingerprint density at radius 3 is 2.58 bits per heavy atom. The molecular weight excluding hydrogens is 322 g/mol. The summed E-state index contributed by atoms with van der Waals surface area (Å²) in [4.78, 5) is 15.6. The van der Waals surface area contributed by atoms with Gasteiger partial charge in [-0.3, -0.25) is 4.79 Å². The van der Waals surface area contributed by atoms with Gasteiger partial charge in [-0.15, -0.1) is 0 Å². The molecule has 0 radical (unpaired) electrons. The lowest BCUT2D eigenvalue weighted by Crippen LogP contribution is -2.57. The highest BCUT2D eigenvalue weighted by Crippen LogP contribution is 2.31. The Morgan fingerprint density at radius 1 is 1.17 bits per heavy atom. The summed E-state index contributed by atoms with van der Waals surface area (Å²) in [5, 5.41) is 3.92. The van der Waals surface area contributed by atoms with E-state index < -0.39 is 0 Å². The lowest BCUT2D eigenvalue weighted by Gasteiger charge is -2.44. The number of nitrogens with two attached hydrogens (primary N) is 1. The number of hydrogen-bond donors (Lipinski definition) is 2. The Kier molecular flexibility index (Phi) is 4.16. The lowest BCUT2D eigenvalue weighted by molar-refractivity contribution is 0.0622. The standard InChI is InChI=1S/C18H21N3O2S/c19-13-1-3-14(4-2-13)23-17-6-5-16(24-17)18(22)20-15-11-21-9-7-12(15)8-10-21/h1-6,12,15H,7-11,19H2,(H,20,22). The van der Waals surface area contributed by atoms with E-state index in [9.17, 15) is 4.79 Å². The number of nitrogens with zero attached hydrogens (tertiary/aromatic N) is 1. The second-order valence-electron chi connectivity index (χ2n) is 6.51. The van der Waals surface area contributed by atoms with Gasteiger partial charge < -0.3 is 20.7 Å². The molecule has 5 rings (SSSR count). The number of piperidine rings is 3. The third-order valence-electron chi connectivity index (χ3n) is 4.88. The zero-order chi connectivity index (χ0) is 16.5. The van der Waals surface area contributed by atoms with E-state index in [0.717, 1.165) is 12.3 Å². The van der Waals surface area contributed by atoms with Crippen LogP contribution in [-0.2, 0) is 0 Å². The minimum absolute atomic E-state index is 0.00547. The van der Waals surface area contributed by atoms with Crippen LogP contribution in [0.5, 0.6) is 10.8 Å². The summed E-state index contributed by atoms with van der Waals surface area (Å²) in [7, 11) is 0. The molecule has 6 heteroatoms. The average molecular weight is 343 g/mol. The predicted molar refractivity (Wildman–Crippen MR) is 95.7 cm³/mol. The quantitative estimate of drug-likeness (QED) is 0.838. The molecule has 3 fully saturated rings. The van der Waals surface area contributed by atoms with Crippen molar-refractivity contribution in [2.24, 2.45) is 5.92 Å². The first kappa shape index (κ1) is 15.5. The number of rotatable bonds is 4. The summed E-state index contributed by atoms with van der Waals surface area (Å²) in [5.74, 6) is 1.35. The van der Waals surface area contributed by atoms with Crippen LogP contribution in [-0.4, -0.2) is 36.5 Å². The fraction of sp³-hybridized carbons (Fsp3) is 0.389. The number of nitrogen functional groups attached to an aromatic ring is 1. The molecule has 4 heterocycles. The average Bonchev–Trinajstić information content (AvgIpc) is 3.07. The first-order chi connectivity index (χ1) is 11.7. The van der Waals surface area contributed by atoms with Crippen molar-refractivity contribution in [3.8, 4) is 10.8 Å². The number of hydrogen-bond acceptors (Lipinski definition) is 5. The second-order valence-corrected chi connectivity index (χ2v) is 7.55. The van der Waals surface area contributed by atoms with E-state index in [4.69, 9.17) is 10.5 Å². The van der Waals surface area contributed by atoms with Crippen molar-refractivity contribution < 1.29 is 9.53 Å². The molecule has 1 aromatic carbocycles. The zero-order valence-electron chi connectivity index (χ0n) is 13.4. The molecule has 1 aromatic heterocycles. The maximum atomic E-state index is 12.5. The first-order valence-corrected chi connectivity index (χ1v) is 9.15. The Bertz CT molecular complexity index is 720. The van der Waals surface area contributed by atoms with Crippen LogP contribution in [0.25, 0.3) is 0 Å². The molecular formula is C18H21N3O2S. The summed E-state index contributed by atoms with van der Waals surface area (Å²) in [6, 6.07) is 11.2. The number of ether oxygens (including phenoxy) is 1. The van der Waals surface area contributed by atoms with Gasteiger partial charge in [0, 0.05) is 18.3 Å². The van der Waals surface area contributed by atoms with Gasteiger partial charge in [-0.25, -0.2) is 0 Å².